The Morgan fingerprint density at radius 1 is 1.25 bits per heavy atom. The van der Waals surface area contributed by atoms with E-state index in [0.717, 1.165) is 22.2 Å². The highest BCUT2D eigenvalue weighted by Crippen LogP contribution is 2.11. The van der Waals surface area contributed by atoms with Gasteiger partial charge >= 0.3 is 0 Å². The number of sulfonamides is 1. The number of aromatic nitrogens is 2. The Morgan fingerprint density at radius 2 is 2.00 bits per heavy atom. The van der Waals surface area contributed by atoms with Crippen molar-refractivity contribution in [1.29, 1.82) is 0 Å². The van der Waals surface area contributed by atoms with Crippen molar-refractivity contribution in [1.82, 2.24) is 14.1 Å². The summed E-state index contributed by atoms with van der Waals surface area (Å²) in [7, 11) is -3.55. The number of nitrogens with one attached hydrogen (secondary N) is 1. The van der Waals surface area contributed by atoms with Crippen molar-refractivity contribution in [3.8, 4) is 0 Å². The summed E-state index contributed by atoms with van der Waals surface area (Å²) in [5, 5.41) is 1.74. The molecule has 0 aliphatic heterocycles. The SMILES string of the molecule is Cc1ccn2cc(CNS(=O)(=O)/C=C\c3ccc(Cl)cc3)nc2c1. The molecule has 3 rings (SSSR count). The van der Waals surface area contributed by atoms with Crippen LogP contribution in [0.15, 0.2) is 54.2 Å². The zero-order valence-electron chi connectivity index (χ0n) is 13.0. The summed E-state index contributed by atoms with van der Waals surface area (Å²) >= 11 is 5.80. The molecule has 0 saturated carbocycles. The maximum absolute atomic E-state index is 12.1. The third kappa shape index (κ3) is 4.23. The number of imidazole rings is 1. The second kappa shape index (κ2) is 6.76. The van der Waals surface area contributed by atoms with E-state index in [0.29, 0.717) is 10.7 Å². The van der Waals surface area contributed by atoms with Gasteiger partial charge in [-0.25, -0.2) is 18.1 Å². The van der Waals surface area contributed by atoms with Crippen LogP contribution < -0.4 is 4.72 Å². The maximum Gasteiger partial charge on any atom is 0.234 e. The summed E-state index contributed by atoms with van der Waals surface area (Å²) in [6, 6.07) is 10.8. The minimum atomic E-state index is -3.55. The first-order chi connectivity index (χ1) is 11.4. The lowest BCUT2D eigenvalue weighted by Crippen LogP contribution is -2.20. The van der Waals surface area contributed by atoms with Gasteiger partial charge in [0.25, 0.3) is 0 Å². The van der Waals surface area contributed by atoms with Crippen molar-refractivity contribution in [2.24, 2.45) is 0 Å². The largest absolute Gasteiger partial charge is 0.307 e. The molecule has 5 nitrogen and oxygen atoms in total. The molecule has 0 unspecified atom stereocenters. The van der Waals surface area contributed by atoms with E-state index < -0.39 is 10.0 Å². The fourth-order valence-electron chi connectivity index (χ4n) is 2.19. The van der Waals surface area contributed by atoms with E-state index in [1.54, 1.807) is 30.5 Å². The average Bonchev–Trinajstić information content (AvgIpc) is 2.95. The molecule has 2 aromatic heterocycles. The number of pyridine rings is 1. The first-order valence-corrected chi connectivity index (χ1v) is 9.21. The summed E-state index contributed by atoms with van der Waals surface area (Å²) in [4.78, 5) is 4.40. The lowest BCUT2D eigenvalue weighted by Gasteiger charge is -2.00. The Kier molecular flexibility index (Phi) is 4.71. The molecule has 3 aromatic rings. The number of aryl methyl sites for hydroxylation is 1. The van der Waals surface area contributed by atoms with Crippen molar-refractivity contribution in [2.75, 3.05) is 0 Å². The van der Waals surface area contributed by atoms with Gasteiger partial charge in [-0.15, -0.1) is 0 Å². The van der Waals surface area contributed by atoms with Crippen LogP contribution in [-0.4, -0.2) is 17.8 Å². The number of nitrogens with zero attached hydrogens (tertiary/aromatic N) is 2. The van der Waals surface area contributed by atoms with Gasteiger partial charge in [-0.2, -0.15) is 0 Å². The van der Waals surface area contributed by atoms with Crippen LogP contribution in [0.25, 0.3) is 11.7 Å². The van der Waals surface area contributed by atoms with Crippen molar-refractivity contribution in [3.63, 3.8) is 0 Å². The van der Waals surface area contributed by atoms with Gasteiger partial charge in [0.15, 0.2) is 0 Å². The van der Waals surface area contributed by atoms with Gasteiger partial charge in [0.2, 0.25) is 10.0 Å². The fourth-order valence-corrected chi connectivity index (χ4v) is 3.09. The van der Waals surface area contributed by atoms with Gasteiger partial charge in [0.05, 0.1) is 12.2 Å². The van der Waals surface area contributed by atoms with Gasteiger partial charge in [-0.1, -0.05) is 23.7 Å². The molecule has 0 amide bonds. The van der Waals surface area contributed by atoms with E-state index in [-0.39, 0.29) is 6.54 Å². The average molecular weight is 362 g/mol. The molecule has 0 atom stereocenters. The Balaban J connectivity index is 1.68. The predicted octanol–water partition coefficient (Wildman–Crippen LogP) is 3.39. The lowest BCUT2D eigenvalue weighted by atomic mass is 10.2. The van der Waals surface area contributed by atoms with Crippen LogP contribution in [0.2, 0.25) is 5.02 Å². The Labute approximate surface area is 145 Å². The topological polar surface area (TPSA) is 63.5 Å². The van der Waals surface area contributed by atoms with Gasteiger partial charge in [0.1, 0.15) is 5.65 Å². The molecule has 0 radical (unpaired) electrons. The number of halogens is 1. The highest BCUT2D eigenvalue weighted by Gasteiger charge is 2.08. The van der Waals surface area contributed by atoms with Crippen LogP contribution in [0.1, 0.15) is 16.8 Å². The van der Waals surface area contributed by atoms with Crippen LogP contribution in [0.5, 0.6) is 0 Å². The van der Waals surface area contributed by atoms with Crippen molar-refractivity contribution in [2.45, 2.75) is 13.5 Å². The standard InChI is InChI=1S/C17H16ClN3O2S/c1-13-6-8-21-12-16(20-17(21)10-13)11-19-24(22,23)9-7-14-2-4-15(18)5-3-14/h2-10,12,19H,11H2,1H3/b9-7-. The van der Waals surface area contributed by atoms with Gasteiger partial charge in [0, 0.05) is 22.8 Å². The number of hydrogen-bond donors (Lipinski definition) is 1. The summed E-state index contributed by atoms with van der Waals surface area (Å²) in [5.74, 6) is 0. The second-order valence-electron chi connectivity index (χ2n) is 5.42. The molecule has 7 heteroatoms. The quantitative estimate of drug-likeness (QED) is 0.757. The Hall–Kier alpha value is -2.15. The van der Waals surface area contributed by atoms with E-state index >= 15 is 0 Å². The Bertz CT molecular complexity index is 992. The second-order valence-corrected chi connectivity index (χ2v) is 7.51. The minimum Gasteiger partial charge on any atom is -0.307 e. The molecule has 2 heterocycles. The highest BCUT2D eigenvalue weighted by atomic mass is 35.5. The van der Waals surface area contributed by atoms with Crippen molar-refractivity contribution in [3.05, 3.63) is 76.0 Å². The molecule has 124 valence electrons. The zero-order valence-corrected chi connectivity index (χ0v) is 14.6. The summed E-state index contributed by atoms with van der Waals surface area (Å²) in [6.45, 7) is 2.12. The van der Waals surface area contributed by atoms with E-state index in [4.69, 9.17) is 11.6 Å². The van der Waals surface area contributed by atoms with Crippen LogP contribution in [0, 0.1) is 6.92 Å². The molecule has 0 aliphatic carbocycles. The van der Waals surface area contributed by atoms with Gasteiger partial charge < -0.3 is 4.40 Å². The summed E-state index contributed by atoms with van der Waals surface area (Å²) in [6.07, 6.45) is 5.22. The third-order valence-electron chi connectivity index (χ3n) is 3.43. The van der Waals surface area contributed by atoms with E-state index in [1.807, 2.05) is 29.7 Å². The molecule has 0 bridgehead atoms. The highest BCUT2D eigenvalue weighted by molar-refractivity contribution is 7.92. The first-order valence-electron chi connectivity index (χ1n) is 7.29. The molecule has 0 saturated heterocycles. The summed E-state index contributed by atoms with van der Waals surface area (Å²) in [5.41, 5.74) is 3.31. The maximum atomic E-state index is 12.1. The fraction of sp³-hybridized carbons (Fsp3) is 0.118. The number of fused-ring (bicyclic) bond motifs is 1. The zero-order chi connectivity index (χ0) is 17.2. The van der Waals surface area contributed by atoms with Gasteiger partial charge in [-0.05, 0) is 48.4 Å². The first kappa shape index (κ1) is 16.7. The molecule has 1 N–H and O–H groups in total. The number of benzene rings is 1. The molecule has 24 heavy (non-hydrogen) atoms. The van der Waals surface area contributed by atoms with Gasteiger partial charge in [-0.3, -0.25) is 0 Å². The number of hydrogen-bond acceptors (Lipinski definition) is 3. The van der Waals surface area contributed by atoms with Crippen LogP contribution in [0.3, 0.4) is 0 Å². The van der Waals surface area contributed by atoms with Crippen LogP contribution >= 0.6 is 11.6 Å². The number of rotatable bonds is 5. The summed E-state index contributed by atoms with van der Waals surface area (Å²) < 4.78 is 28.5. The Morgan fingerprint density at radius 3 is 2.75 bits per heavy atom. The molecule has 0 fully saturated rings. The molecule has 1 aromatic carbocycles. The van der Waals surface area contributed by atoms with Crippen molar-refractivity contribution < 1.29 is 8.42 Å². The smallest absolute Gasteiger partial charge is 0.234 e. The van der Waals surface area contributed by atoms with E-state index in [2.05, 4.69) is 9.71 Å². The predicted molar refractivity (Wildman–Crippen MR) is 96.2 cm³/mol. The monoisotopic (exact) mass is 361 g/mol. The van der Waals surface area contributed by atoms with Crippen molar-refractivity contribution >= 4 is 33.3 Å². The van der Waals surface area contributed by atoms with E-state index in [9.17, 15) is 8.42 Å². The normalized spacial score (nSPS) is 12.2. The minimum absolute atomic E-state index is 0.133. The van der Waals surface area contributed by atoms with Crippen LogP contribution in [-0.2, 0) is 16.6 Å². The molecule has 0 spiro atoms. The molecular weight excluding hydrogens is 346 g/mol. The lowest BCUT2D eigenvalue weighted by molar-refractivity contribution is 0.590. The van der Waals surface area contributed by atoms with Crippen LogP contribution in [0.4, 0.5) is 0 Å². The molecule has 0 aliphatic rings. The van der Waals surface area contributed by atoms with E-state index in [1.165, 1.54) is 6.08 Å². The third-order valence-corrected chi connectivity index (χ3v) is 4.72. The molecular formula is C17H16ClN3O2S.